The molecule has 2 N–H and O–H groups in total. The second-order valence-electron chi connectivity index (χ2n) is 6.00. The second kappa shape index (κ2) is 6.75. The van der Waals surface area contributed by atoms with Crippen molar-refractivity contribution in [3.05, 3.63) is 64.2 Å². The molecule has 0 radical (unpaired) electrons. The summed E-state index contributed by atoms with van der Waals surface area (Å²) < 4.78 is 0. The van der Waals surface area contributed by atoms with E-state index in [1.807, 2.05) is 24.3 Å². The average Bonchev–Trinajstić information content (AvgIpc) is 2.59. The van der Waals surface area contributed by atoms with Crippen LogP contribution >= 0.6 is 0 Å². The summed E-state index contributed by atoms with van der Waals surface area (Å²) in [6.07, 6.45) is 3.41. The number of nitrogens with two attached hydrogens (primary N) is 1. The van der Waals surface area contributed by atoms with Gasteiger partial charge >= 0.3 is 0 Å². The maximum Gasteiger partial charge on any atom is 0.150 e. The summed E-state index contributed by atoms with van der Waals surface area (Å²) in [5, 5.41) is 0. The lowest BCUT2D eigenvalue weighted by Crippen LogP contribution is -2.32. The lowest BCUT2D eigenvalue weighted by atomic mass is 9.94. The molecule has 0 aliphatic carbocycles. The van der Waals surface area contributed by atoms with Crippen LogP contribution in [-0.2, 0) is 19.4 Å². The lowest BCUT2D eigenvalue weighted by molar-refractivity contribution is 0.109. The Labute approximate surface area is 135 Å². The molecule has 4 nitrogen and oxygen atoms in total. The van der Waals surface area contributed by atoms with Gasteiger partial charge in [-0.1, -0.05) is 12.1 Å². The number of hydrogen-bond donors (Lipinski definition) is 1. The molecule has 0 spiro atoms. The Hall–Kier alpha value is -2.46. The van der Waals surface area contributed by atoms with Crippen molar-refractivity contribution < 1.29 is 9.59 Å². The van der Waals surface area contributed by atoms with E-state index >= 15 is 0 Å². The van der Waals surface area contributed by atoms with Crippen LogP contribution in [0.5, 0.6) is 0 Å². The summed E-state index contributed by atoms with van der Waals surface area (Å²) in [5.74, 6) is 0. The summed E-state index contributed by atoms with van der Waals surface area (Å²) >= 11 is 0. The molecule has 1 aliphatic rings. The predicted octanol–water partition coefficient (Wildman–Crippen LogP) is 2.49. The molecule has 0 unspecified atom stereocenters. The predicted molar refractivity (Wildman–Crippen MR) is 90.8 cm³/mol. The number of hydrogen-bond acceptors (Lipinski definition) is 4. The number of aldehydes is 2. The van der Waals surface area contributed by atoms with E-state index in [2.05, 4.69) is 17.0 Å². The zero-order chi connectivity index (χ0) is 16.2. The van der Waals surface area contributed by atoms with Gasteiger partial charge in [0.1, 0.15) is 0 Å². The highest BCUT2D eigenvalue weighted by atomic mass is 16.1. The van der Waals surface area contributed by atoms with E-state index in [0.29, 0.717) is 11.1 Å². The Kier molecular flexibility index (Phi) is 4.53. The van der Waals surface area contributed by atoms with Crippen molar-refractivity contribution in [2.24, 2.45) is 0 Å². The van der Waals surface area contributed by atoms with Gasteiger partial charge in [0.25, 0.3) is 0 Å². The molecule has 118 valence electrons. The number of nitrogens with zero attached hydrogens (tertiary/aromatic N) is 1. The van der Waals surface area contributed by atoms with Gasteiger partial charge in [0.15, 0.2) is 12.6 Å². The Morgan fingerprint density at radius 3 is 2.30 bits per heavy atom. The van der Waals surface area contributed by atoms with Gasteiger partial charge < -0.3 is 5.73 Å². The summed E-state index contributed by atoms with van der Waals surface area (Å²) in [4.78, 5) is 24.5. The highest BCUT2D eigenvalue weighted by Gasteiger charge is 2.18. The zero-order valence-electron chi connectivity index (χ0n) is 13.0. The molecule has 1 heterocycles. The van der Waals surface area contributed by atoms with Crippen LogP contribution in [0.15, 0.2) is 36.4 Å². The molecule has 3 rings (SSSR count). The molecule has 4 heteroatoms. The summed E-state index contributed by atoms with van der Waals surface area (Å²) in [6.45, 7) is 2.76. The minimum Gasteiger partial charge on any atom is -0.399 e. The standard InChI is InChI=1S/C19H20N2O2/c20-19-3-1-14(2-4-19)5-7-21-8-6-15-9-17(12-22)18(13-23)10-16(15)11-21/h1-4,9-10,12-13H,5-8,11,20H2. The van der Waals surface area contributed by atoms with Gasteiger partial charge in [-0.2, -0.15) is 0 Å². The molecule has 0 amide bonds. The van der Waals surface area contributed by atoms with Crippen molar-refractivity contribution >= 4 is 18.3 Å². The lowest BCUT2D eigenvalue weighted by Gasteiger charge is -2.29. The highest BCUT2D eigenvalue weighted by Crippen LogP contribution is 2.22. The monoisotopic (exact) mass is 308 g/mol. The number of benzene rings is 2. The topological polar surface area (TPSA) is 63.4 Å². The maximum absolute atomic E-state index is 11.1. The third-order valence-electron chi connectivity index (χ3n) is 4.45. The number of anilines is 1. The zero-order valence-corrected chi connectivity index (χ0v) is 13.0. The van der Waals surface area contributed by atoms with Crippen molar-refractivity contribution in [3.8, 4) is 0 Å². The molecule has 0 saturated carbocycles. The van der Waals surface area contributed by atoms with E-state index in [0.717, 1.165) is 56.3 Å². The molecule has 2 aromatic rings. The quantitative estimate of drug-likeness (QED) is 0.681. The smallest absolute Gasteiger partial charge is 0.150 e. The Morgan fingerprint density at radius 2 is 1.65 bits per heavy atom. The fourth-order valence-corrected chi connectivity index (χ4v) is 3.07. The first-order valence-corrected chi connectivity index (χ1v) is 7.82. The van der Waals surface area contributed by atoms with Crippen molar-refractivity contribution in [3.63, 3.8) is 0 Å². The molecule has 0 atom stereocenters. The van der Waals surface area contributed by atoms with Crippen LogP contribution in [0.4, 0.5) is 5.69 Å². The first kappa shape index (κ1) is 15.4. The molecular weight excluding hydrogens is 288 g/mol. The number of carbonyl (C=O) groups excluding carboxylic acids is 2. The molecule has 1 aliphatic heterocycles. The molecule has 23 heavy (non-hydrogen) atoms. The maximum atomic E-state index is 11.1. The van der Waals surface area contributed by atoms with E-state index in [9.17, 15) is 9.59 Å². The summed E-state index contributed by atoms with van der Waals surface area (Å²) in [5.41, 5.74) is 11.1. The highest BCUT2D eigenvalue weighted by molar-refractivity contribution is 5.90. The van der Waals surface area contributed by atoms with Crippen LogP contribution in [0.1, 0.15) is 37.4 Å². The summed E-state index contributed by atoms with van der Waals surface area (Å²) in [7, 11) is 0. The SMILES string of the molecule is Nc1ccc(CCN2CCc3cc(C=O)c(C=O)cc3C2)cc1. The summed E-state index contributed by atoms with van der Waals surface area (Å²) in [6, 6.07) is 11.7. The van der Waals surface area contributed by atoms with Crippen LogP contribution < -0.4 is 5.73 Å². The minimum absolute atomic E-state index is 0.485. The van der Waals surface area contributed by atoms with E-state index in [1.54, 1.807) is 0 Å². The Bertz CT molecular complexity index is 723. The first-order chi connectivity index (χ1) is 11.2. The minimum atomic E-state index is 0.485. The van der Waals surface area contributed by atoms with Crippen LogP contribution in [0.3, 0.4) is 0 Å². The van der Waals surface area contributed by atoms with E-state index in [1.165, 1.54) is 11.1 Å². The van der Waals surface area contributed by atoms with Crippen LogP contribution in [0, 0.1) is 0 Å². The van der Waals surface area contributed by atoms with Gasteiger partial charge in [0, 0.05) is 36.4 Å². The fraction of sp³-hybridized carbons (Fsp3) is 0.263. The normalized spacial score (nSPS) is 14.3. The third kappa shape index (κ3) is 3.48. The van der Waals surface area contributed by atoms with Crippen LogP contribution in [0.2, 0.25) is 0 Å². The van der Waals surface area contributed by atoms with E-state index in [-0.39, 0.29) is 0 Å². The van der Waals surface area contributed by atoms with E-state index in [4.69, 9.17) is 5.73 Å². The molecule has 0 saturated heterocycles. The Balaban J connectivity index is 1.68. The van der Waals surface area contributed by atoms with Gasteiger partial charge in [-0.05, 0) is 53.8 Å². The number of rotatable bonds is 5. The average molecular weight is 308 g/mol. The number of carbonyl (C=O) groups is 2. The number of nitrogen functional groups attached to an aromatic ring is 1. The first-order valence-electron chi connectivity index (χ1n) is 7.82. The van der Waals surface area contributed by atoms with Gasteiger partial charge in [0.05, 0.1) is 0 Å². The van der Waals surface area contributed by atoms with Gasteiger partial charge in [-0.3, -0.25) is 14.5 Å². The molecule has 2 aromatic carbocycles. The molecule has 0 aromatic heterocycles. The fourth-order valence-electron chi connectivity index (χ4n) is 3.07. The van der Waals surface area contributed by atoms with Crippen molar-refractivity contribution in [2.75, 3.05) is 18.8 Å². The molecule has 0 fully saturated rings. The Morgan fingerprint density at radius 1 is 1.00 bits per heavy atom. The van der Waals surface area contributed by atoms with Crippen LogP contribution in [-0.4, -0.2) is 30.6 Å². The molecular formula is C19H20N2O2. The van der Waals surface area contributed by atoms with Crippen LogP contribution in [0.25, 0.3) is 0 Å². The van der Waals surface area contributed by atoms with Gasteiger partial charge in [-0.25, -0.2) is 0 Å². The second-order valence-corrected chi connectivity index (χ2v) is 6.00. The van der Waals surface area contributed by atoms with Crippen molar-refractivity contribution in [1.82, 2.24) is 4.90 Å². The van der Waals surface area contributed by atoms with E-state index < -0.39 is 0 Å². The number of fused-ring (bicyclic) bond motifs is 1. The van der Waals surface area contributed by atoms with Crippen molar-refractivity contribution in [1.29, 1.82) is 0 Å². The third-order valence-corrected chi connectivity index (χ3v) is 4.45. The van der Waals surface area contributed by atoms with Gasteiger partial charge in [-0.15, -0.1) is 0 Å². The largest absolute Gasteiger partial charge is 0.399 e. The molecule has 0 bridgehead atoms. The van der Waals surface area contributed by atoms with Crippen molar-refractivity contribution in [2.45, 2.75) is 19.4 Å². The van der Waals surface area contributed by atoms with Gasteiger partial charge in [0.2, 0.25) is 0 Å².